The molecule has 1 aromatic rings. The summed E-state index contributed by atoms with van der Waals surface area (Å²) in [6, 6.07) is 4.68. The molecule has 0 saturated carbocycles. The Hall–Kier alpha value is -0.640. The van der Waals surface area contributed by atoms with Crippen molar-refractivity contribution in [3.05, 3.63) is 34.6 Å². The van der Waals surface area contributed by atoms with Crippen LogP contribution in [-0.2, 0) is 4.74 Å². The molecule has 1 aliphatic rings. The summed E-state index contributed by atoms with van der Waals surface area (Å²) in [5.41, 5.74) is 0.855. The van der Waals surface area contributed by atoms with Crippen LogP contribution in [0.15, 0.2) is 18.2 Å². The van der Waals surface area contributed by atoms with E-state index in [1.165, 1.54) is 12.1 Å². The second-order valence-corrected chi connectivity index (χ2v) is 5.54. The highest BCUT2D eigenvalue weighted by atomic mass is 35.5. The predicted molar refractivity (Wildman–Crippen MR) is 76.0 cm³/mol. The Labute approximate surface area is 119 Å². The molecule has 2 rings (SSSR count). The lowest BCUT2D eigenvalue weighted by Gasteiger charge is -2.32. The molecule has 19 heavy (non-hydrogen) atoms. The first-order chi connectivity index (χ1) is 9.20. The van der Waals surface area contributed by atoms with Crippen molar-refractivity contribution < 1.29 is 9.13 Å². The lowest BCUT2D eigenvalue weighted by atomic mass is 9.89. The standard InChI is InChI=1S/C15H21ClFNO/c1-2-5-18-10-11-4-3-6-19-15(11)12-7-13(16)9-14(17)8-12/h7-9,11,15,18H,2-6,10H2,1H3. The quantitative estimate of drug-likeness (QED) is 0.827. The zero-order chi connectivity index (χ0) is 13.7. The second-order valence-electron chi connectivity index (χ2n) is 5.10. The highest BCUT2D eigenvalue weighted by Crippen LogP contribution is 2.34. The van der Waals surface area contributed by atoms with Gasteiger partial charge in [-0.05, 0) is 49.6 Å². The van der Waals surface area contributed by atoms with E-state index in [2.05, 4.69) is 12.2 Å². The fourth-order valence-electron chi connectivity index (χ4n) is 2.62. The molecule has 1 N–H and O–H groups in total. The van der Waals surface area contributed by atoms with Crippen LogP contribution < -0.4 is 5.32 Å². The summed E-state index contributed by atoms with van der Waals surface area (Å²) in [6.07, 6.45) is 3.24. The van der Waals surface area contributed by atoms with Gasteiger partial charge >= 0.3 is 0 Å². The van der Waals surface area contributed by atoms with Gasteiger partial charge in [0, 0.05) is 24.1 Å². The van der Waals surface area contributed by atoms with E-state index in [0.29, 0.717) is 10.9 Å². The number of hydrogen-bond donors (Lipinski definition) is 1. The van der Waals surface area contributed by atoms with E-state index < -0.39 is 0 Å². The molecule has 106 valence electrons. The first-order valence-corrected chi connectivity index (χ1v) is 7.37. The molecule has 0 aliphatic carbocycles. The molecule has 2 nitrogen and oxygen atoms in total. The van der Waals surface area contributed by atoms with Crippen LogP contribution in [0.2, 0.25) is 5.02 Å². The number of hydrogen-bond acceptors (Lipinski definition) is 2. The summed E-state index contributed by atoms with van der Waals surface area (Å²) in [4.78, 5) is 0. The topological polar surface area (TPSA) is 21.3 Å². The maximum Gasteiger partial charge on any atom is 0.125 e. The summed E-state index contributed by atoms with van der Waals surface area (Å²) in [5.74, 6) is 0.0927. The summed E-state index contributed by atoms with van der Waals surface area (Å²) in [6.45, 7) is 4.80. The number of halogens is 2. The van der Waals surface area contributed by atoms with Gasteiger partial charge in [-0.1, -0.05) is 18.5 Å². The molecule has 0 bridgehead atoms. The van der Waals surface area contributed by atoms with Crippen molar-refractivity contribution in [2.75, 3.05) is 19.7 Å². The fourth-order valence-corrected chi connectivity index (χ4v) is 2.85. The van der Waals surface area contributed by atoms with Crippen LogP contribution in [0.25, 0.3) is 0 Å². The van der Waals surface area contributed by atoms with Crippen molar-refractivity contribution in [2.45, 2.75) is 32.3 Å². The van der Waals surface area contributed by atoms with Crippen molar-refractivity contribution in [1.29, 1.82) is 0 Å². The Balaban J connectivity index is 2.09. The van der Waals surface area contributed by atoms with Crippen molar-refractivity contribution >= 4 is 11.6 Å². The SMILES string of the molecule is CCCNCC1CCCOC1c1cc(F)cc(Cl)c1. The van der Waals surface area contributed by atoms with E-state index >= 15 is 0 Å². The number of nitrogens with one attached hydrogen (secondary N) is 1. The largest absolute Gasteiger partial charge is 0.373 e. The molecule has 1 aliphatic heterocycles. The second kappa shape index (κ2) is 7.22. The van der Waals surface area contributed by atoms with Crippen LogP contribution in [0.5, 0.6) is 0 Å². The Morgan fingerprint density at radius 1 is 1.42 bits per heavy atom. The van der Waals surface area contributed by atoms with Crippen LogP contribution in [-0.4, -0.2) is 19.7 Å². The van der Waals surface area contributed by atoms with Crippen molar-refractivity contribution in [3.8, 4) is 0 Å². The van der Waals surface area contributed by atoms with Gasteiger partial charge in [0.2, 0.25) is 0 Å². The average Bonchev–Trinajstić information content (AvgIpc) is 2.38. The third-order valence-corrected chi connectivity index (χ3v) is 3.71. The Morgan fingerprint density at radius 3 is 3.00 bits per heavy atom. The maximum atomic E-state index is 13.5. The van der Waals surface area contributed by atoms with Gasteiger partial charge < -0.3 is 10.1 Å². The van der Waals surface area contributed by atoms with E-state index in [0.717, 1.165) is 44.5 Å². The minimum atomic E-state index is -0.294. The molecule has 4 heteroatoms. The molecule has 1 aromatic carbocycles. The number of ether oxygens (including phenoxy) is 1. The summed E-state index contributed by atoms with van der Waals surface area (Å²) in [7, 11) is 0. The van der Waals surface area contributed by atoms with Crippen molar-refractivity contribution in [2.24, 2.45) is 5.92 Å². The van der Waals surface area contributed by atoms with E-state index in [1.807, 2.05) is 6.07 Å². The van der Waals surface area contributed by atoms with E-state index in [1.54, 1.807) is 0 Å². The highest BCUT2D eigenvalue weighted by molar-refractivity contribution is 6.30. The normalized spacial score (nSPS) is 23.5. The first-order valence-electron chi connectivity index (χ1n) is 6.99. The smallest absolute Gasteiger partial charge is 0.125 e. The van der Waals surface area contributed by atoms with Gasteiger partial charge in [0.25, 0.3) is 0 Å². The molecule has 0 radical (unpaired) electrons. The zero-order valence-corrected chi connectivity index (χ0v) is 12.0. The molecule has 1 saturated heterocycles. The molecule has 0 amide bonds. The maximum absolute atomic E-state index is 13.5. The first kappa shape index (κ1) is 14.8. The molecule has 1 heterocycles. The zero-order valence-electron chi connectivity index (χ0n) is 11.3. The molecule has 2 atom stereocenters. The molecular formula is C15H21ClFNO. The minimum Gasteiger partial charge on any atom is -0.373 e. The third kappa shape index (κ3) is 4.16. The summed E-state index contributed by atoms with van der Waals surface area (Å²) >= 11 is 5.93. The Kier molecular flexibility index (Phi) is 5.61. The van der Waals surface area contributed by atoms with Crippen molar-refractivity contribution in [3.63, 3.8) is 0 Å². The number of rotatable bonds is 5. The van der Waals surface area contributed by atoms with Gasteiger partial charge in [0.05, 0.1) is 6.10 Å². The van der Waals surface area contributed by atoms with Crippen LogP contribution in [0, 0.1) is 11.7 Å². The van der Waals surface area contributed by atoms with E-state index in [9.17, 15) is 4.39 Å². The molecule has 1 fully saturated rings. The van der Waals surface area contributed by atoms with E-state index in [4.69, 9.17) is 16.3 Å². The lowest BCUT2D eigenvalue weighted by Crippen LogP contribution is -2.32. The number of benzene rings is 1. The molecule has 0 aromatic heterocycles. The average molecular weight is 286 g/mol. The molecule has 0 spiro atoms. The van der Waals surface area contributed by atoms with Gasteiger partial charge in [0.1, 0.15) is 5.82 Å². The van der Waals surface area contributed by atoms with Crippen LogP contribution in [0.4, 0.5) is 4.39 Å². The highest BCUT2D eigenvalue weighted by Gasteiger charge is 2.27. The van der Waals surface area contributed by atoms with Crippen molar-refractivity contribution in [1.82, 2.24) is 5.32 Å². The monoisotopic (exact) mass is 285 g/mol. The fraction of sp³-hybridized carbons (Fsp3) is 0.600. The van der Waals surface area contributed by atoms with Gasteiger partial charge in [-0.3, -0.25) is 0 Å². The Morgan fingerprint density at radius 2 is 2.26 bits per heavy atom. The van der Waals surface area contributed by atoms with Crippen LogP contribution in [0.3, 0.4) is 0 Å². The predicted octanol–water partition coefficient (Wildman–Crippen LogP) is 3.95. The summed E-state index contributed by atoms with van der Waals surface area (Å²) in [5, 5.41) is 3.86. The van der Waals surface area contributed by atoms with E-state index in [-0.39, 0.29) is 11.9 Å². The molecular weight excluding hydrogens is 265 g/mol. The van der Waals surface area contributed by atoms with Gasteiger partial charge in [-0.25, -0.2) is 4.39 Å². The Bertz CT molecular complexity index is 393. The van der Waals surface area contributed by atoms with Gasteiger partial charge in [-0.15, -0.1) is 0 Å². The van der Waals surface area contributed by atoms with Crippen LogP contribution in [0.1, 0.15) is 37.9 Å². The lowest BCUT2D eigenvalue weighted by molar-refractivity contribution is -0.0278. The molecule has 2 unspecified atom stereocenters. The van der Waals surface area contributed by atoms with Gasteiger partial charge in [0.15, 0.2) is 0 Å². The summed E-state index contributed by atoms with van der Waals surface area (Å²) < 4.78 is 19.3. The minimum absolute atomic E-state index is 0.0497. The van der Waals surface area contributed by atoms with Gasteiger partial charge in [-0.2, -0.15) is 0 Å². The van der Waals surface area contributed by atoms with Crippen LogP contribution >= 0.6 is 11.6 Å². The third-order valence-electron chi connectivity index (χ3n) is 3.49.